The van der Waals surface area contributed by atoms with Gasteiger partial charge in [-0.05, 0) is 26.4 Å². The van der Waals surface area contributed by atoms with Crippen molar-refractivity contribution in [2.75, 3.05) is 25.5 Å². The van der Waals surface area contributed by atoms with Crippen LogP contribution in [0.1, 0.15) is 12.8 Å². The quantitative estimate of drug-likeness (QED) is 0.598. The molecule has 7 heteroatoms. The molecule has 0 amide bonds. The van der Waals surface area contributed by atoms with E-state index >= 15 is 0 Å². The second kappa shape index (κ2) is 4.48. The summed E-state index contributed by atoms with van der Waals surface area (Å²) in [5, 5.41) is 8.93. The van der Waals surface area contributed by atoms with Gasteiger partial charge in [0.2, 0.25) is 5.82 Å². The SMILES string of the molecule is CN1CCCC(Nc2n[nH]c(=O)[nH]c2=O)C1. The molecule has 1 fully saturated rings. The fraction of sp³-hybridized carbons (Fsp3) is 0.667. The van der Waals surface area contributed by atoms with Crippen molar-refractivity contribution < 1.29 is 0 Å². The third kappa shape index (κ3) is 2.48. The van der Waals surface area contributed by atoms with Crippen LogP contribution in [0.2, 0.25) is 0 Å². The summed E-state index contributed by atoms with van der Waals surface area (Å²) in [6.45, 7) is 1.95. The fourth-order valence-electron chi connectivity index (χ4n) is 1.92. The van der Waals surface area contributed by atoms with Crippen LogP contribution in [0.25, 0.3) is 0 Å². The van der Waals surface area contributed by atoms with Crippen molar-refractivity contribution in [1.29, 1.82) is 0 Å². The minimum Gasteiger partial charge on any atom is -0.360 e. The molecule has 1 aliphatic rings. The van der Waals surface area contributed by atoms with Gasteiger partial charge in [0.1, 0.15) is 0 Å². The average molecular weight is 225 g/mol. The maximum atomic E-state index is 11.4. The first-order valence-corrected chi connectivity index (χ1v) is 5.29. The molecular formula is C9H15N5O2. The van der Waals surface area contributed by atoms with Crippen LogP contribution in [-0.2, 0) is 0 Å². The third-order valence-electron chi connectivity index (χ3n) is 2.68. The zero-order valence-corrected chi connectivity index (χ0v) is 9.12. The lowest BCUT2D eigenvalue weighted by Gasteiger charge is -2.30. The van der Waals surface area contributed by atoms with E-state index in [0.29, 0.717) is 0 Å². The van der Waals surface area contributed by atoms with E-state index in [1.54, 1.807) is 0 Å². The molecule has 7 nitrogen and oxygen atoms in total. The Kier molecular flexibility index (Phi) is 3.04. The fourth-order valence-corrected chi connectivity index (χ4v) is 1.92. The van der Waals surface area contributed by atoms with E-state index in [1.165, 1.54) is 0 Å². The Morgan fingerprint density at radius 2 is 2.31 bits per heavy atom. The van der Waals surface area contributed by atoms with Crippen LogP contribution < -0.4 is 16.6 Å². The number of hydrogen-bond acceptors (Lipinski definition) is 5. The van der Waals surface area contributed by atoms with Crippen molar-refractivity contribution in [3.8, 4) is 0 Å². The molecule has 1 unspecified atom stereocenters. The predicted molar refractivity (Wildman–Crippen MR) is 59.6 cm³/mol. The lowest BCUT2D eigenvalue weighted by molar-refractivity contribution is 0.260. The number of nitrogens with zero attached hydrogens (tertiary/aromatic N) is 2. The number of hydrogen-bond donors (Lipinski definition) is 3. The molecule has 1 saturated heterocycles. The number of H-pyrrole nitrogens is 2. The van der Waals surface area contributed by atoms with Crippen LogP contribution in [-0.4, -0.2) is 46.3 Å². The van der Waals surface area contributed by atoms with Gasteiger partial charge < -0.3 is 10.2 Å². The zero-order chi connectivity index (χ0) is 11.5. The molecule has 88 valence electrons. The number of nitrogens with one attached hydrogen (secondary N) is 3. The summed E-state index contributed by atoms with van der Waals surface area (Å²) >= 11 is 0. The summed E-state index contributed by atoms with van der Waals surface area (Å²) in [6, 6.07) is 0.207. The number of aromatic nitrogens is 3. The van der Waals surface area contributed by atoms with Gasteiger partial charge in [-0.2, -0.15) is 0 Å². The van der Waals surface area contributed by atoms with Gasteiger partial charge in [0, 0.05) is 12.6 Å². The number of piperidine rings is 1. The smallest absolute Gasteiger partial charge is 0.342 e. The number of likely N-dealkylation sites (tertiary alicyclic amines) is 1. The highest BCUT2D eigenvalue weighted by molar-refractivity contribution is 5.30. The lowest BCUT2D eigenvalue weighted by Crippen LogP contribution is -2.41. The monoisotopic (exact) mass is 225 g/mol. The molecule has 2 rings (SSSR count). The van der Waals surface area contributed by atoms with Gasteiger partial charge in [-0.15, -0.1) is 5.10 Å². The Labute approximate surface area is 91.9 Å². The molecule has 1 aliphatic heterocycles. The maximum Gasteiger partial charge on any atom is 0.342 e. The first-order valence-electron chi connectivity index (χ1n) is 5.29. The lowest BCUT2D eigenvalue weighted by atomic mass is 10.1. The molecule has 16 heavy (non-hydrogen) atoms. The molecule has 0 aliphatic carbocycles. The van der Waals surface area contributed by atoms with Crippen molar-refractivity contribution in [2.45, 2.75) is 18.9 Å². The Morgan fingerprint density at radius 1 is 1.50 bits per heavy atom. The molecular weight excluding hydrogens is 210 g/mol. The summed E-state index contributed by atoms with van der Waals surface area (Å²) < 4.78 is 0. The van der Waals surface area contributed by atoms with Gasteiger partial charge in [0.15, 0.2) is 0 Å². The molecule has 0 spiro atoms. The van der Waals surface area contributed by atoms with Crippen LogP contribution in [0.5, 0.6) is 0 Å². The molecule has 2 heterocycles. The molecule has 0 radical (unpaired) electrons. The van der Waals surface area contributed by atoms with Crippen LogP contribution in [0.15, 0.2) is 9.59 Å². The van der Waals surface area contributed by atoms with Crippen molar-refractivity contribution >= 4 is 5.82 Å². The van der Waals surface area contributed by atoms with Gasteiger partial charge in [0.05, 0.1) is 0 Å². The highest BCUT2D eigenvalue weighted by atomic mass is 16.2. The molecule has 0 aromatic carbocycles. The largest absolute Gasteiger partial charge is 0.360 e. The van der Waals surface area contributed by atoms with Crippen LogP contribution >= 0.6 is 0 Å². The highest BCUT2D eigenvalue weighted by Gasteiger charge is 2.18. The number of rotatable bonds is 2. The number of anilines is 1. The summed E-state index contributed by atoms with van der Waals surface area (Å²) in [7, 11) is 2.04. The topological polar surface area (TPSA) is 93.9 Å². The Morgan fingerprint density at radius 3 is 3.00 bits per heavy atom. The zero-order valence-electron chi connectivity index (χ0n) is 9.12. The molecule has 1 atom stereocenters. The van der Waals surface area contributed by atoms with E-state index in [0.717, 1.165) is 25.9 Å². The van der Waals surface area contributed by atoms with Gasteiger partial charge in [-0.25, -0.2) is 9.89 Å². The van der Waals surface area contributed by atoms with Gasteiger partial charge in [0.25, 0.3) is 5.56 Å². The number of likely N-dealkylation sites (N-methyl/N-ethyl adjacent to an activating group) is 1. The second-order valence-electron chi connectivity index (χ2n) is 4.10. The minimum absolute atomic E-state index is 0.180. The summed E-state index contributed by atoms with van der Waals surface area (Å²) in [4.78, 5) is 26.5. The van der Waals surface area contributed by atoms with E-state index in [1.807, 2.05) is 7.05 Å². The van der Waals surface area contributed by atoms with Crippen molar-refractivity contribution in [3.05, 3.63) is 20.8 Å². The first-order chi connectivity index (χ1) is 7.65. The van der Waals surface area contributed by atoms with Gasteiger partial charge in [-0.3, -0.25) is 9.78 Å². The van der Waals surface area contributed by atoms with Crippen LogP contribution in [0.4, 0.5) is 5.82 Å². The van der Waals surface area contributed by atoms with Crippen LogP contribution in [0.3, 0.4) is 0 Å². The standard InChI is InChI=1S/C9H15N5O2/c1-14-4-2-3-6(5-14)10-7-8(15)11-9(16)13-12-7/h6H,2-5H2,1H3,(H,10,12)(H2,11,13,15,16). The van der Waals surface area contributed by atoms with E-state index in [-0.39, 0.29) is 11.9 Å². The minimum atomic E-state index is -0.587. The molecule has 3 N–H and O–H groups in total. The number of aromatic amines is 2. The van der Waals surface area contributed by atoms with E-state index in [2.05, 4.69) is 25.4 Å². The van der Waals surface area contributed by atoms with E-state index < -0.39 is 11.2 Å². The molecule has 0 saturated carbocycles. The summed E-state index contributed by atoms with van der Waals surface area (Å²) in [5.41, 5.74) is -1.06. The highest BCUT2D eigenvalue weighted by Crippen LogP contribution is 2.10. The van der Waals surface area contributed by atoms with Crippen LogP contribution in [0, 0.1) is 0 Å². The Balaban J connectivity index is 2.08. The average Bonchev–Trinajstić information content (AvgIpc) is 2.22. The third-order valence-corrected chi connectivity index (χ3v) is 2.68. The normalized spacial score (nSPS) is 21.9. The second-order valence-corrected chi connectivity index (χ2v) is 4.10. The molecule has 0 bridgehead atoms. The molecule has 1 aromatic heterocycles. The van der Waals surface area contributed by atoms with Gasteiger partial charge >= 0.3 is 5.69 Å². The maximum absolute atomic E-state index is 11.4. The summed E-state index contributed by atoms with van der Waals surface area (Å²) in [6.07, 6.45) is 2.10. The Hall–Kier alpha value is -1.63. The van der Waals surface area contributed by atoms with Gasteiger partial charge in [-0.1, -0.05) is 0 Å². The molecule has 1 aromatic rings. The van der Waals surface area contributed by atoms with Crippen molar-refractivity contribution in [2.24, 2.45) is 0 Å². The van der Waals surface area contributed by atoms with Crippen molar-refractivity contribution in [1.82, 2.24) is 20.1 Å². The Bertz CT molecular complexity index is 465. The predicted octanol–water partition coefficient (Wildman–Crippen LogP) is -1.04. The first kappa shape index (κ1) is 10.9. The van der Waals surface area contributed by atoms with E-state index in [9.17, 15) is 9.59 Å². The van der Waals surface area contributed by atoms with E-state index in [4.69, 9.17) is 0 Å². The van der Waals surface area contributed by atoms with Crippen molar-refractivity contribution in [3.63, 3.8) is 0 Å². The summed E-state index contributed by atoms with van der Waals surface area (Å²) in [5.74, 6) is 0.180.